The lowest BCUT2D eigenvalue weighted by molar-refractivity contribution is -0.122. The number of amides is 1. The smallest absolute Gasteiger partial charge is 0.266 e. The van der Waals surface area contributed by atoms with E-state index in [-0.39, 0.29) is 5.91 Å². The van der Waals surface area contributed by atoms with Crippen LogP contribution < -0.4 is 10.1 Å². The summed E-state index contributed by atoms with van der Waals surface area (Å²) in [6.45, 7) is 5.54. The highest BCUT2D eigenvalue weighted by atomic mass is 16.5. The number of carbonyl (C=O) groups excluding carboxylic acids is 1. The first-order valence-electron chi connectivity index (χ1n) is 6.53. The molecule has 0 aliphatic rings. The van der Waals surface area contributed by atoms with Crippen LogP contribution in [0, 0.1) is 13.8 Å². The second-order valence-electron chi connectivity index (χ2n) is 4.68. The molecule has 2 aromatic rings. The highest BCUT2D eigenvalue weighted by Gasteiger charge is 2.16. The van der Waals surface area contributed by atoms with Gasteiger partial charge in [0.05, 0.1) is 0 Å². The van der Waals surface area contributed by atoms with Crippen LogP contribution in [0.4, 0.5) is 5.82 Å². The molecule has 0 radical (unpaired) electrons. The van der Waals surface area contributed by atoms with Crippen LogP contribution in [0.1, 0.15) is 18.2 Å². The fourth-order valence-electron chi connectivity index (χ4n) is 1.77. The first-order chi connectivity index (χ1) is 9.56. The highest BCUT2D eigenvalue weighted by molar-refractivity contribution is 5.93. The van der Waals surface area contributed by atoms with Crippen molar-refractivity contribution in [3.05, 3.63) is 53.7 Å². The summed E-state index contributed by atoms with van der Waals surface area (Å²) >= 11 is 0. The van der Waals surface area contributed by atoms with E-state index in [1.807, 2.05) is 50.2 Å². The third-order valence-corrected chi connectivity index (χ3v) is 2.91. The third-order valence-electron chi connectivity index (χ3n) is 2.91. The molecule has 104 valence electrons. The van der Waals surface area contributed by atoms with E-state index in [0.29, 0.717) is 11.6 Å². The SMILES string of the molecule is Cc1cccc(NC(=O)C(C)Oc2ccccc2C)n1. The summed E-state index contributed by atoms with van der Waals surface area (Å²) in [7, 11) is 0. The normalized spacial score (nSPS) is 11.8. The minimum absolute atomic E-state index is 0.216. The molecule has 4 nitrogen and oxygen atoms in total. The number of pyridine rings is 1. The zero-order valence-electron chi connectivity index (χ0n) is 11.9. The van der Waals surface area contributed by atoms with Gasteiger partial charge in [0, 0.05) is 5.69 Å². The molecule has 0 bridgehead atoms. The third kappa shape index (κ3) is 3.57. The van der Waals surface area contributed by atoms with Crippen LogP contribution in [0.3, 0.4) is 0 Å². The van der Waals surface area contributed by atoms with Crippen LogP contribution >= 0.6 is 0 Å². The van der Waals surface area contributed by atoms with E-state index in [9.17, 15) is 4.79 Å². The second-order valence-corrected chi connectivity index (χ2v) is 4.68. The molecule has 0 saturated carbocycles. The van der Waals surface area contributed by atoms with Crippen molar-refractivity contribution in [2.24, 2.45) is 0 Å². The topological polar surface area (TPSA) is 51.2 Å². The predicted octanol–water partition coefficient (Wildman–Crippen LogP) is 3.10. The van der Waals surface area contributed by atoms with Crippen molar-refractivity contribution >= 4 is 11.7 Å². The maximum atomic E-state index is 12.1. The summed E-state index contributed by atoms with van der Waals surface area (Å²) in [6, 6.07) is 13.1. The van der Waals surface area contributed by atoms with E-state index in [1.54, 1.807) is 13.0 Å². The lowest BCUT2D eigenvalue weighted by Crippen LogP contribution is -2.30. The number of benzene rings is 1. The fourth-order valence-corrected chi connectivity index (χ4v) is 1.77. The molecule has 20 heavy (non-hydrogen) atoms. The standard InChI is InChI=1S/C16H18N2O2/c1-11-7-4-5-9-14(11)20-13(3)16(19)18-15-10-6-8-12(2)17-15/h4-10,13H,1-3H3,(H,17,18,19). The van der Waals surface area contributed by atoms with E-state index >= 15 is 0 Å². The molecule has 2 rings (SSSR count). The van der Waals surface area contributed by atoms with Gasteiger partial charge in [0.15, 0.2) is 6.10 Å². The maximum Gasteiger partial charge on any atom is 0.266 e. The van der Waals surface area contributed by atoms with Gasteiger partial charge in [-0.05, 0) is 44.5 Å². The van der Waals surface area contributed by atoms with E-state index in [2.05, 4.69) is 10.3 Å². The predicted molar refractivity (Wildman–Crippen MR) is 78.9 cm³/mol. The van der Waals surface area contributed by atoms with Gasteiger partial charge in [0.1, 0.15) is 11.6 Å². The number of ether oxygens (including phenoxy) is 1. The van der Waals surface area contributed by atoms with Gasteiger partial charge >= 0.3 is 0 Å². The largest absolute Gasteiger partial charge is 0.481 e. The average Bonchev–Trinajstić information content (AvgIpc) is 2.41. The molecule has 1 atom stereocenters. The van der Waals surface area contributed by atoms with Gasteiger partial charge in [-0.2, -0.15) is 0 Å². The van der Waals surface area contributed by atoms with E-state index in [0.717, 1.165) is 11.3 Å². The molecule has 0 saturated heterocycles. The number of hydrogen-bond acceptors (Lipinski definition) is 3. The summed E-state index contributed by atoms with van der Waals surface area (Å²) in [5.41, 5.74) is 1.86. The monoisotopic (exact) mass is 270 g/mol. The van der Waals surface area contributed by atoms with Gasteiger partial charge in [-0.25, -0.2) is 4.98 Å². The molecule has 1 aromatic carbocycles. The zero-order valence-corrected chi connectivity index (χ0v) is 11.9. The van der Waals surface area contributed by atoms with Crippen LogP contribution in [0.2, 0.25) is 0 Å². The molecule has 0 spiro atoms. The summed E-state index contributed by atoms with van der Waals surface area (Å²) < 4.78 is 5.67. The van der Waals surface area contributed by atoms with Crippen LogP contribution in [-0.2, 0) is 4.79 Å². The van der Waals surface area contributed by atoms with E-state index in [4.69, 9.17) is 4.74 Å². The van der Waals surface area contributed by atoms with Gasteiger partial charge in [0.2, 0.25) is 0 Å². The molecule has 1 heterocycles. The fraction of sp³-hybridized carbons (Fsp3) is 0.250. The van der Waals surface area contributed by atoms with Crippen molar-refractivity contribution in [3.63, 3.8) is 0 Å². The first-order valence-corrected chi connectivity index (χ1v) is 6.53. The second kappa shape index (κ2) is 6.19. The Bertz CT molecular complexity index is 611. The van der Waals surface area contributed by atoms with E-state index < -0.39 is 6.10 Å². The molecule has 0 aliphatic heterocycles. The van der Waals surface area contributed by atoms with Gasteiger partial charge < -0.3 is 10.1 Å². The molecule has 1 amide bonds. The first kappa shape index (κ1) is 14.1. The number of aromatic nitrogens is 1. The van der Waals surface area contributed by atoms with Crippen LogP contribution in [0.5, 0.6) is 5.75 Å². The van der Waals surface area contributed by atoms with Crippen molar-refractivity contribution < 1.29 is 9.53 Å². The number of nitrogens with one attached hydrogen (secondary N) is 1. The Morgan fingerprint density at radius 2 is 1.90 bits per heavy atom. The molecular formula is C16H18N2O2. The Kier molecular flexibility index (Phi) is 4.35. The highest BCUT2D eigenvalue weighted by Crippen LogP contribution is 2.18. The van der Waals surface area contributed by atoms with Crippen molar-refractivity contribution in [1.82, 2.24) is 4.98 Å². The molecule has 0 aliphatic carbocycles. The van der Waals surface area contributed by atoms with Crippen molar-refractivity contribution in [2.75, 3.05) is 5.32 Å². The number of para-hydroxylation sites is 1. The van der Waals surface area contributed by atoms with Crippen molar-refractivity contribution in [3.8, 4) is 5.75 Å². The van der Waals surface area contributed by atoms with Crippen LogP contribution in [0.25, 0.3) is 0 Å². The van der Waals surface area contributed by atoms with Crippen LogP contribution in [-0.4, -0.2) is 17.0 Å². The summed E-state index contributed by atoms with van der Waals surface area (Å²) in [4.78, 5) is 16.3. The van der Waals surface area contributed by atoms with Gasteiger partial charge in [-0.1, -0.05) is 24.3 Å². The molecule has 1 aromatic heterocycles. The maximum absolute atomic E-state index is 12.1. The Labute approximate surface area is 118 Å². The summed E-state index contributed by atoms with van der Waals surface area (Å²) in [5.74, 6) is 1.04. The lowest BCUT2D eigenvalue weighted by Gasteiger charge is -2.16. The lowest BCUT2D eigenvalue weighted by atomic mass is 10.2. The number of aryl methyl sites for hydroxylation is 2. The van der Waals surface area contributed by atoms with Gasteiger partial charge in [0.25, 0.3) is 5.91 Å². The summed E-state index contributed by atoms with van der Waals surface area (Å²) in [6.07, 6.45) is -0.585. The number of anilines is 1. The molecule has 1 unspecified atom stereocenters. The quantitative estimate of drug-likeness (QED) is 0.928. The van der Waals surface area contributed by atoms with Gasteiger partial charge in [-0.15, -0.1) is 0 Å². The molecule has 1 N–H and O–H groups in total. The number of rotatable bonds is 4. The molecule has 4 heteroatoms. The molecule has 0 fully saturated rings. The van der Waals surface area contributed by atoms with Gasteiger partial charge in [-0.3, -0.25) is 4.79 Å². The number of carbonyl (C=O) groups is 1. The number of hydrogen-bond donors (Lipinski definition) is 1. The molecular weight excluding hydrogens is 252 g/mol. The van der Waals surface area contributed by atoms with Crippen molar-refractivity contribution in [2.45, 2.75) is 26.9 Å². The van der Waals surface area contributed by atoms with Crippen LogP contribution in [0.15, 0.2) is 42.5 Å². The summed E-state index contributed by atoms with van der Waals surface area (Å²) in [5, 5.41) is 2.75. The number of nitrogens with zero attached hydrogens (tertiary/aromatic N) is 1. The zero-order chi connectivity index (χ0) is 14.5. The Balaban J connectivity index is 2.01. The minimum atomic E-state index is -0.585. The Morgan fingerprint density at radius 3 is 2.60 bits per heavy atom. The average molecular weight is 270 g/mol. The van der Waals surface area contributed by atoms with E-state index in [1.165, 1.54) is 0 Å². The minimum Gasteiger partial charge on any atom is -0.481 e. The van der Waals surface area contributed by atoms with Crippen molar-refractivity contribution in [1.29, 1.82) is 0 Å². The Morgan fingerprint density at radius 1 is 1.15 bits per heavy atom. The Hall–Kier alpha value is -2.36.